The third kappa shape index (κ3) is 1.54. The van der Waals surface area contributed by atoms with Crippen LogP contribution < -0.4 is 0 Å². The summed E-state index contributed by atoms with van der Waals surface area (Å²) in [6, 6.07) is 10.5. The van der Waals surface area contributed by atoms with Crippen LogP contribution in [0.4, 0.5) is 0 Å². The van der Waals surface area contributed by atoms with Crippen LogP contribution in [0, 0.1) is 5.41 Å². The first kappa shape index (κ1) is 10.2. The number of amidine groups is 1. The van der Waals surface area contributed by atoms with Gasteiger partial charge in [0.1, 0.15) is 5.84 Å². The first-order valence-electron chi connectivity index (χ1n) is 5.49. The molecule has 0 saturated heterocycles. The van der Waals surface area contributed by atoms with Gasteiger partial charge in [0.2, 0.25) is 0 Å². The number of likely N-dealkylation sites (N-methyl/N-ethyl adjacent to an activating group) is 1. The van der Waals surface area contributed by atoms with Gasteiger partial charge in [-0.2, -0.15) is 0 Å². The van der Waals surface area contributed by atoms with Crippen molar-refractivity contribution < 1.29 is 0 Å². The fourth-order valence-electron chi connectivity index (χ4n) is 2.38. The Morgan fingerprint density at radius 3 is 2.20 bits per heavy atom. The fraction of sp³-hybridized carbons (Fsp3) is 0.462. The van der Waals surface area contributed by atoms with Crippen LogP contribution in [0.3, 0.4) is 0 Å². The molecule has 2 nitrogen and oxygen atoms in total. The van der Waals surface area contributed by atoms with E-state index in [0.29, 0.717) is 0 Å². The van der Waals surface area contributed by atoms with E-state index in [-0.39, 0.29) is 5.41 Å². The average molecular weight is 202 g/mol. The number of benzene rings is 1. The second-order valence-electron chi connectivity index (χ2n) is 4.54. The molecule has 80 valence electrons. The Morgan fingerprint density at radius 2 is 1.80 bits per heavy atom. The second-order valence-corrected chi connectivity index (χ2v) is 4.54. The summed E-state index contributed by atoms with van der Waals surface area (Å²) in [7, 11) is 3.93. The molecular formula is C13H18N2. The van der Waals surface area contributed by atoms with Crippen molar-refractivity contribution in [3.8, 4) is 0 Å². The summed E-state index contributed by atoms with van der Waals surface area (Å²) in [5, 5.41) is 8.21. The highest BCUT2D eigenvalue weighted by Gasteiger charge is 2.43. The van der Waals surface area contributed by atoms with E-state index in [2.05, 4.69) is 24.3 Å². The predicted molar refractivity (Wildman–Crippen MR) is 63.4 cm³/mol. The molecule has 1 N–H and O–H groups in total. The van der Waals surface area contributed by atoms with E-state index in [0.717, 1.165) is 18.7 Å². The summed E-state index contributed by atoms with van der Waals surface area (Å²) in [6.45, 7) is 0. The third-order valence-corrected chi connectivity index (χ3v) is 3.43. The van der Waals surface area contributed by atoms with Gasteiger partial charge >= 0.3 is 0 Å². The number of rotatable bonds is 2. The van der Waals surface area contributed by atoms with Gasteiger partial charge in [0.25, 0.3) is 0 Å². The molecule has 2 rings (SSSR count). The smallest absolute Gasteiger partial charge is 0.106 e. The minimum atomic E-state index is 0.00472. The molecular weight excluding hydrogens is 184 g/mol. The molecule has 2 heteroatoms. The lowest BCUT2D eigenvalue weighted by atomic mass is 9.63. The number of nitrogens with one attached hydrogen (secondary N) is 1. The van der Waals surface area contributed by atoms with Gasteiger partial charge in [-0.05, 0) is 18.4 Å². The summed E-state index contributed by atoms with van der Waals surface area (Å²) < 4.78 is 0. The minimum Gasteiger partial charge on any atom is -0.366 e. The molecule has 0 spiro atoms. The standard InChI is InChI=1S/C13H18N2/c1-15(2)12(14)13(9-6-10-13)11-7-4-3-5-8-11/h3-5,7-8,14H,6,9-10H2,1-2H3. The highest BCUT2D eigenvalue weighted by molar-refractivity contribution is 5.91. The summed E-state index contributed by atoms with van der Waals surface area (Å²) in [4.78, 5) is 1.94. The Labute approximate surface area is 91.4 Å². The van der Waals surface area contributed by atoms with E-state index in [1.807, 2.05) is 25.1 Å². The zero-order chi connectivity index (χ0) is 10.9. The van der Waals surface area contributed by atoms with Crippen molar-refractivity contribution in [3.63, 3.8) is 0 Å². The van der Waals surface area contributed by atoms with E-state index in [9.17, 15) is 0 Å². The van der Waals surface area contributed by atoms with Crippen LogP contribution in [0.2, 0.25) is 0 Å². The van der Waals surface area contributed by atoms with Crippen LogP contribution in [0.15, 0.2) is 30.3 Å². The zero-order valence-corrected chi connectivity index (χ0v) is 9.46. The molecule has 0 bridgehead atoms. The monoisotopic (exact) mass is 202 g/mol. The molecule has 0 heterocycles. The van der Waals surface area contributed by atoms with Crippen LogP contribution in [0.1, 0.15) is 24.8 Å². The quantitative estimate of drug-likeness (QED) is 0.579. The number of nitrogens with zero attached hydrogens (tertiary/aromatic N) is 1. The number of hydrogen-bond acceptors (Lipinski definition) is 1. The Hall–Kier alpha value is -1.31. The summed E-state index contributed by atoms with van der Waals surface area (Å²) in [6.07, 6.45) is 3.48. The average Bonchev–Trinajstić information content (AvgIpc) is 2.17. The van der Waals surface area contributed by atoms with Gasteiger partial charge in [0.15, 0.2) is 0 Å². The van der Waals surface area contributed by atoms with Gasteiger partial charge in [-0.1, -0.05) is 36.8 Å². The van der Waals surface area contributed by atoms with Crippen LogP contribution in [0.5, 0.6) is 0 Å². The molecule has 0 unspecified atom stereocenters. The molecule has 1 fully saturated rings. The van der Waals surface area contributed by atoms with Crippen LogP contribution >= 0.6 is 0 Å². The zero-order valence-electron chi connectivity index (χ0n) is 9.46. The summed E-state index contributed by atoms with van der Waals surface area (Å²) in [5.41, 5.74) is 1.31. The molecule has 1 aromatic carbocycles. The summed E-state index contributed by atoms with van der Waals surface area (Å²) >= 11 is 0. The third-order valence-electron chi connectivity index (χ3n) is 3.43. The van der Waals surface area contributed by atoms with Gasteiger partial charge in [0, 0.05) is 14.1 Å². The molecule has 0 atom stereocenters. The van der Waals surface area contributed by atoms with Crippen molar-refractivity contribution in [2.75, 3.05) is 14.1 Å². The van der Waals surface area contributed by atoms with E-state index < -0.39 is 0 Å². The van der Waals surface area contributed by atoms with Crippen LogP contribution in [-0.2, 0) is 5.41 Å². The first-order valence-corrected chi connectivity index (χ1v) is 5.49. The Balaban J connectivity index is 2.34. The van der Waals surface area contributed by atoms with Gasteiger partial charge in [-0.15, -0.1) is 0 Å². The van der Waals surface area contributed by atoms with Crippen molar-refractivity contribution >= 4 is 5.84 Å². The fourth-order valence-corrected chi connectivity index (χ4v) is 2.38. The van der Waals surface area contributed by atoms with Gasteiger partial charge in [0.05, 0.1) is 5.41 Å². The molecule has 0 radical (unpaired) electrons. The second kappa shape index (κ2) is 3.69. The van der Waals surface area contributed by atoms with Crippen LogP contribution in [-0.4, -0.2) is 24.8 Å². The van der Waals surface area contributed by atoms with E-state index in [1.165, 1.54) is 12.0 Å². The number of hydrogen-bond donors (Lipinski definition) is 1. The van der Waals surface area contributed by atoms with E-state index in [4.69, 9.17) is 5.41 Å². The normalized spacial score (nSPS) is 18.0. The molecule has 0 amide bonds. The van der Waals surface area contributed by atoms with Gasteiger partial charge in [-0.25, -0.2) is 0 Å². The molecule has 1 aliphatic carbocycles. The van der Waals surface area contributed by atoms with Gasteiger partial charge < -0.3 is 4.90 Å². The minimum absolute atomic E-state index is 0.00472. The molecule has 15 heavy (non-hydrogen) atoms. The van der Waals surface area contributed by atoms with Crippen LogP contribution in [0.25, 0.3) is 0 Å². The molecule has 1 saturated carbocycles. The predicted octanol–water partition coefficient (Wildman–Crippen LogP) is 2.65. The molecule has 1 aliphatic rings. The maximum Gasteiger partial charge on any atom is 0.106 e. The van der Waals surface area contributed by atoms with Crippen molar-refractivity contribution in [3.05, 3.63) is 35.9 Å². The topological polar surface area (TPSA) is 27.1 Å². The van der Waals surface area contributed by atoms with Crippen molar-refractivity contribution in [1.29, 1.82) is 5.41 Å². The largest absolute Gasteiger partial charge is 0.366 e. The van der Waals surface area contributed by atoms with E-state index in [1.54, 1.807) is 0 Å². The lowest BCUT2D eigenvalue weighted by molar-refractivity contribution is 0.311. The highest BCUT2D eigenvalue weighted by atomic mass is 15.1. The van der Waals surface area contributed by atoms with Crippen molar-refractivity contribution in [2.24, 2.45) is 0 Å². The lowest BCUT2D eigenvalue weighted by Crippen LogP contribution is -2.48. The van der Waals surface area contributed by atoms with Gasteiger partial charge in [-0.3, -0.25) is 5.41 Å². The molecule has 0 aromatic heterocycles. The Kier molecular flexibility index (Phi) is 2.51. The molecule has 0 aliphatic heterocycles. The maximum absolute atomic E-state index is 8.21. The SMILES string of the molecule is CN(C)C(=N)C1(c2ccccc2)CCC1. The Morgan fingerprint density at radius 1 is 1.20 bits per heavy atom. The van der Waals surface area contributed by atoms with Crippen molar-refractivity contribution in [2.45, 2.75) is 24.7 Å². The highest BCUT2D eigenvalue weighted by Crippen LogP contribution is 2.44. The van der Waals surface area contributed by atoms with Crippen molar-refractivity contribution in [1.82, 2.24) is 4.90 Å². The first-order chi connectivity index (χ1) is 7.17. The lowest BCUT2D eigenvalue weighted by Gasteiger charge is -2.44. The van der Waals surface area contributed by atoms with E-state index >= 15 is 0 Å². The summed E-state index contributed by atoms with van der Waals surface area (Å²) in [5.74, 6) is 0.750. The maximum atomic E-state index is 8.21. The molecule has 1 aromatic rings. The Bertz CT molecular complexity index is 350.